The summed E-state index contributed by atoms with van der Waals surface area (Å²) in [7, 11) is 0. The molecule has 0 N–H and O–H groups in total. The summed E-state index contributed by atoms with van der Waals surface area (Å²) in [6.45, 7) is 3.87. The van der Waals surface area contributed by atoms with Crippen LogP contribution >= 0.6 is 0 Å². The average Bonchev–Trinajstić information content (AvgIpc) is 1.68. The maximum Gasteiger partial charge on any atom is 1.00 e. The van der Waals surface area contributed by atoms with Gasteiger partial charge >= 0.3 is 29.6 Å². The van der Waals surface area contributed by atoms with Gasteiger partial charge in [-0.1, -0.05) is 19.0 Å². The summed E-state index contributed by atoms with van der Waals surface area (Å²) in [4.78, 5) is 2.63. The van der Waals surface area contributed by atoms with Gasteiger partial charge in [-0.05, 0) is 12.0 Å². The van der Waals surface area contributed by atoms with E-state index in [9.17, 15) is 0 Å². The number of rotatable bonds is 2. The van der Waals surface area contributed by atoms with Crippen LogP contribution in [0.2, 0.25) is 0 Å². The van der Waals surface area contributed by atoms with E-state index in [1.807, 2.05) is 13.8 Å². The van der Waals surface area contributed by atoms with Gasteiger partial charge in [0, 0.05) is 11.0 Å². The summed E-state index contributed by atoms with van der Waals surface area (Å²) in [6.07, 6.45) is 0.921. The van der Waals surface area contributed by atoms with Crippen LogP contribution in [0.25, 0.3) is 10.4 Å². The first-order chi connectivity index (χ1) is 3.31. The van der Waals surface area contributed by atoms with Crippen molar-refractivity contribution in [3.63, 3.8) is 0 Å². The molecule has 42 valence electrons. The fourth-order valence-electron chi connectivity index (χ4n) is 0.170. The molecule has 1 unspecified atom stereocenters. The quantitative estimate of drug-likeness (QED) is 0.200. The molecule has 0 heterocycles. The Balaban J connectivity index is -0.000000180. The molecule has 0 aromatic carbocycles. The minimum atomic E-state index is 0. The van der Waals surface area contributed by atoms with E-state index in [0.717, 1.165) is 6.42 Å². The van der Waals surface area contributed by atoms with E-state index in [4.69, 9.17) is 5.53 Å². The monoisotopic (exact) mass is 123 g/mol. The zero-order valence-electron chi connectivity index (χ0n) is 6.63. The fourth-order valence-corrected chi connectivity index (χ4v) is 0.170. The predicted molar refractivity (Wildman–Crippen MR) is 30.0 cm³/mol. The Morgan fingerprint density at radius 3 is 2.50 bits per heavy atom. The normalized spacial score (nSPS) is 10.8. The van der Waals surface area contributed by atoms with Crippen LogP contribution in [-0.2, 0) is 0 Å². The molecule has 0 aromatic rings. The molecular formula is C4H10N3Na. The standard InChI is InChI=1S/C4H9N3.Na.H/c1-3-4(2)6-7-5;;/h4H,3H2,1-2H3;;/q;+1;-1. The van der Waals surface area contributed by atoms with Crippen LogP contribution in [0, 0.1) is 0 Å². The summed E-state index contributed by atoms with van der Waals surface area (Å²) in [6, 6.07) is 0.157. The molecule has 0 bridgehead atoms. The van der Waals surface area contributed by atoms with E-state index in [0.29, 0.717) is 0 Å². The summed E-state index contributed by atoms with van der Waals surface area (Å²) < 4.78 is 0. The second-order valence-electron chi connectivity index (χ2n) is 1.46. The third kappa shape index (κ3) is 6.31. The van der Waals surface area contributed by atoms with E-state index < -0.39 is 0 Å². The van der Waals surface area contributed by atoms with E-state index in [2.05, 4.69) is 10.0 Å². The Hall–Kier alpha value is 0.310. The number of hydrogen-bond acceptors (Lipinski definition) is 1. The van der Waals surface area contributed by atoms with E-state index >= 15 is 0 Å². The molecule has 0 saturated carbocycles. The van der Waals surface area contributed by atoms with Gasteiger partial charge in [-0.3, -0.25) is 0 Å². The average molecular weight is 123 g/mol. The number of azide groups is 1. The topological polar surface area (TPSA) is 48.8 Å². The largest absolute Gasteiger partial charge is 1.00 e. The minimum Gasteiger partial charge on any atom is -1.00 e. The van der Waals surface area contributed by atoms with Crippen molar-refractivity contribution in [1.29, 1.82) is 0 Å². The van der Waals surface area contributed by atoms with Crippen LogP contribution in [0.4, 0.5) is 0 Å². The Kier molecular flexibility index (Phi) is 10.2. The number of nitrogens with zero attached hydrogens (tertiary/aromatic N) is 3. The van der Waals surface area contributed by atoms with Gasteiger partial charge in [0.15, 0.2) is 0 Å². The van der Waals surface area contributed by atoms with Gasteiger partial charge < -0.3 is 1.43 Å². The summed E-state index contributed by atoms with van der Waals surface area (Å²) in [5, 5.41) is 3.42. The van der Waals surface area contributed by atoms with Crippen molar-refractivity contribution in [3.05, 3.63) is 10.4 Å². The van der Waals surface area contributed by atoms with Crippen LogP contribution in [-0.4, -0.2) is 6.04 Å². The molecule has 0 amide bonds. The molecule has 0 rings (SSSR count). The summed E-state index contributed by atoms with van der Waals surface area (Å²) in [5.74, 6) is 0. The molecule has 0 saturated heterocycles. The zero-order valence-corrected chi connectivity index (χ0v) is 7.63. The van der Waals surface area contributed by atoms with Gasteiger partial charge in [0.25, 0.3) is 0 Å². The summed E-state index contributed by atoms with van der Waals surface area (Å²) >= 11 is 0. The van der Waals surface area contributed by atoms with Crippen LogP contribution in [0.3, 0.4) is 0 Å². The van der Waals surface area contributed by atoms with E-state index in [-0.39, 0.29) is 37.0 Å². The third-order valence-corrected chi connectivity index (χ3v) is 0.840. The van der Waals surface area contributed by atoms with Gasteiger partial charge in [-0.2, -0.15) is 0 Å². The summed E-state index contributed by atoms with van der Waals surface area (Å²) in [5.41, 5.74) is 7.83. The van der Waals surface area contributed by atoms with Gasteiger partial charge in [-0.15, -0.1) is 0 Å². The van der Waals surface area contributed by atoms with Crippen LogP contribution < -0.4 is 29.6 Å². The SMILES string of the molecule is CCC(C)N=[N+]=[N-].[H-].[Na+]. The minimum absolute atomic E-state index is 0. The van der Waals surface area contributed by atoms with Crippen molar-refractivity contribution in [2.24, 2.45) is 5.11 Å². The van der Waals surface area contributed by atoms with Crippen molar-refractivity contribution in [1.82, 2.24) is 0 Å². The smallest absolute Gasteiger partial charge is 1.00 e. The molecule has 0 aliphatic carbocycles. The Morgan fingerprint density at radius 1 is 1.88 bits per heavy atom. The molecule has 0 radical (unpaired) electrons. The molecule has 4 heteroatoms. The molecule has 0 aliphatic heterocycles. The van der Waals surface area contributed by atoms with Crippen molar-refractivity contribution in [2.45, 2.75) is 26.3 Å². The van der Waals surface area contributed by atoms with Gasteiger partial charge in [-0.25, -0.2) is 0 Å². The molecule has 3 nitrogen and oxygen atoms in total. The van der Waals surface area contributed by atoms with Gasteiger partial charge in [0.05, 0.1) is 0 Å². The second-order valence-corrected chi connectivity index (χ2v) is 1.46. The van der Waals surface area contributed by atoms with Gasteiger partial charge in [0.2, 0.25) is 0 Å². The second kappa shape index (κ2) is 7.31. The molecule has 0 aliphatic rings. The molecule has 0 spiro atoms. The van der Waals surface area contributed by atoms with E-state index in [1.54, 1.807) is 0 Å². The van der Waals surface area contributed by atoms with Crippen molar-refractivity contribution >= 4 is 0 Å². The fraction of sp³-hybridized carbons (Fsp3) is 1.00. The maximum absolute atomic E-state index is 7.83. The molecular weight excluding hydrogens is 113 g/mol. The first-order valence-electron chi connectivity index (χ1n) is 2.35. The third-order valence-electron chi connectivity index (χ3n) is 0.840. The van der Waals surface area contributed by atoms with Crippen molar-refractivity contribution in [2.75, 3.05) is 0 Å². The number of hydrogen-bond donors (Lipinski definition) is 0. The molecule has 8 heavy (non-hydrogen) atoms. The van der Waals surface area contributed by atoms with Crippen molar-refractivity contribution in [3.8, 4) is 0 Å². The maximum atomic E-state index is 7.83. The predicted octanol–water partition coefficient (Wildman–Crippen LogP) is -0.788. The Labute approximate surface area is 72.9 Å². The van der Waals surface area contributed by atoms with Crippen molar-refractivity contribution < 1.29 is 31.0 Å². The van der Waals surface area contributed by atoms with Crippen LogP contribution in [0.15, 0.2) is 5.11 Å². The molecule has 0 aromatic heterocycles. The van der Waals surface area contributed by atoms with Gasteiger partial charge in [0.1, 0.15) is 0 Å². The van der Waals surface area contributed by atoms with Crippen LogP contribution in [0.5, 0.6) is 0 Å². The first kappa shape index (κ1) is 11.2. The zero-order chi connectivity index (χ0) is 5.70. The molecule has 0 fully saturated rings. The van der Waals surface area contributed by atoms with Crippen LogP contribution in [0.1, 0.15) is 21.7 Å². The first-order valence-corrected chi connectivity index (χ1v) is 2.35. The molecule has 1 atom stereocenters. The Morgan fingerprint density at radius 2 is 2.38 bits per heavy atom. The Bertz CT molecular complexity index is 91.8. The van der Waals surface area contributed by atoms with E-state index in [1.165, 1.54) is 0 Å².